The minimum atomic E-state index is -4.34. The van der Waals surface area contributed by atoms with Crippen molar-refractivity contribution in [2.45, 2.75) is 19.6 Å². The Morgan fingerprint density at radius 1 is 1.19 bits per heavy atom. The van der Waals surface area contributed by atoms with E-state index in [4.69, 9.17) is 0 Å². The van der Waals surface area contributed by atoms with Gasteiger partial charge in [0.2, 0.25) is 0 Å². The van der Waals surface area contributed by atoms with Crippen LogP contribution >= 0.6 is 0 Å². The van der Waals surface area contributed by atoms with Gasteiger partial charge in [-0.05, 0) is 42.8 Å². The summed E-state index contributed by atoms with van der Waals surface area (Å²) in [7, 11) is 1.93. The zero-order valence-corrected chi connectivity index (χ0v) is 15.0. The van der Waals surface area contributed by atoms with Gasteiger partial charge < -0.3 is 15.5 Å². The second-order valence-corrected chi connectivity index (χ2v) is 6.50. The Morgan fingerprint density at radius 2 is 1.89 bits per heavy atom. The Kier molecular flexibility index (Phi) is 5.12. The molecule has 7 heteroatoms. The van der Waals surface area contributed by atoms with Crippen LogP contribution in [0.15, 0.2) is 48.7 Å². The third kappa shape index (κ3) is 4.42. The predicted molar refractivity (Wildman–Crippen MR) is 99.0 cm³/mol. The van der Waals surface area contributed by atoms with Crippen LogP contribution in [0.2, 0.25) is 0 Å². The second-order valence-electron chi connectivity index (χ2n) is 6.50. The lowest BCUT2D eigenvalue weighted by Gasteiger charge is -2.15. The number of nitrogens with one attached hydrogen (secondary N) is 2. The first-order valence-electron chi connectivity index (χ1n) is 8.45. The van der Waals surface area contributed by atoms with Crippen LogP contribution in [0.3, 0.4) is 0 Å². The van der Waals surface area contributed by atoms with Crippen molar-refractivity contribution >= 4 is 17.2 Å². The van der Waals surface area contributed by atoms with Crippen LogP contribution in [-0.2, 0) is 12.7 Å². The minimum Gasteiger partial charge on any atom is -0.380 e. The Hall–Kier alpha value is -2.96. The van der Waals surface area contributed by atoms with E-state index in [-0.39, 0.29) is 5.78 Å². The average Bonchev–Trinajstić information content (AvgIpc) is 3.05. The summed E-state index contributed by atoms with van der Waals surface area (Å²) in [6.45, 7) is 2.54. The smallest absolute Gasteiger partial charge is 0.380 e. The molecular weight excluding hydrogens is 355 g/mol. The van der Waals surface area contributed by atoms with Gasteiger partial charge in [-0.1, -0.05) is 12.1 Å². The number of halogens is 3. The molecule has 27 heavy (non-hydrogen) atoms. The molecule has 142 valence electrons. The van der Waals surface area contributed by atoms with E-state index < -0.39 is 11.7 Å². The van der Waals surface area contributed by atoms with Gasteiger partial charge >= 0.3 is 6.18 Å². The van der Waals surface area contributed by atoms with Crippen molar-refractivity contribution in [1.82, 2.24) is 10.2 Å². The number of alkyl halides is 3. The zero-order valence-electron chi connectivity index (χ0n) is 15.0. The van der Waals surface area contributed by atoms with Crippen molar-refractivity contribution < 1.29 is 18.0 Å². The fourth-order valence-electron chi connectivity index (χ4n) is 2.84. The quantitative estimate of drug-likeness (QED) is 0.765. The van der Waals surface area contributed by atoms with Crippen LogP contribution < -0.4 is 10.6 Å². The topological polar surface area (TPSA) is 44.4 Å². The SMILES string of the molecule is CC(=O)c1ccc(NCc2ccc(C(F)(F)F)cc2)c(C2=CN(C)CN2)c1. The molecule has 0 spiro atoms. The van der Waals surface area contributed by atoms with Crippen LogP contribution in [-0.4, -0.2) is 24.4 Å². The molecule has 0 fully saturated rings. The van der Waals surface area contributed by atoms with E-state index in [1.807, 2.05) is 30.3 Å². The van der Waals surface area contributed by atoms with Gasteiger partial charge in [-0.3, -0.25) is 4.79 Å². The van der Waals surface area contributed by atoms with Gasteiger partial charge in [-0.2, -0.15) is 13.2 Å². The average molecular weight is 375 g/mol. The summed E-state index contributed by atoms with van der Waals surface area (Å²) >= 11 is 0. The van der Waals surface area contributed by atoms with Crippen LogP contribution in [0.25, 0.3) is 5.70 Å². The second kappa shape index (κ2) is 7.34. The van der Waals surface area contributed by atoms with E-state index in [1.165, 1.54) is 19.1 Å². The van der Waals surface area contributed by atoms with Gasteiger partial charge in [-0.15, -0.1) is 0 Å². The number of hydrogen-bond acceptors (Lipinski definition) is 4. The number of ketones is 1. The molecule has 0 saturated heterocycles. The molecule has 1 aliphatic heterocycles. The van der Waals surface area contributed by atoms with Crippen molar-refractivity contribution in [2.24, 2.45) is 0 Å². The molecule has 0 aromatic heterocycles. The first-order valence-corrected chi connectivity index (χ1v) is 8.45. The summed E-state index contributed by atoms with van der Waals surface area (Å²) in [4.78, 5) is 13.7. The molecule has 0 radical (unpaired) electrons. The molecule has 0 bridgehead atoms. The maximum Gasteiger partial charge on any atom is 0.416 e. The van der Waals surface area contributed by atoms with Crippen LogP contribution in [0.4, 0.5) is 18.9 Å². The third-order valence-corrected chi connectivity index (χ3v) is 4.35. The van der Waals surface area contributed by atoms with Gasteiger partial charge in [0.1, 0.15) is 0 Å². The predicted octanol–water partition coefficient (Wildman–Crippen LogP) is 4.31. The number of Topliss-reactive ketones (excluding diaryl/α,β-unsaturated/α-hetero) is 1. The monoisotopic (exact) mass is 375 g/mol. The lowest BCUT2D eigenvalue weighted by atomic mass is 10.0. The first-order chi connectivity index (χ1) is 12.7. The van der Waals surface area contributed by atoms with Crippen LogP contribution in [0.5, 0.6) is 0 Å². The summed E-state index contributed by atoms with van der Waals surface area (Å²) in [6, 6.07) is 10.4. The zero-order chi connectivity index (χ0) is 19.6. The van der Waals surface area contributed by atoms with Crippen LogP contribution in [0, 0.1) is 0 Å². The Bertz CT molecular complexity index is 873. The largest absolute Gasteiger partial charge is 0.416 e. The fraction of sp³-hybridized carbons (Fsp3) is 0.250. The molecule has 0 unspecified atom stereocenters. The molecule has 3 rings (SSSR count). The molecule has 2 aromatic carbocycles. The minimum absolute atomic E-state index is 0.0301. The Labute approximate surface area is 155 Å². The van der Waals surface area contributed by atoms with E-state index in [1.54, 1.807) is 6.07 Å². The summed E-state index contributed by atoms with van der Waals surface area (Å²) in [6.07, 6.45) is -2.39. The lowest BCUT2D eigenvalue weighted by Crippen LogP contribution is -2.17. The highest BCUT2D eigenvalue weighted by Crippen LogP contribution is 2.30. The van der Waals surface area contributed by atoms with Crippen LogP contribution in [0.1, 0.15) is 34.0 Å². The third-order valence-electron chi connectivity index (χ3n) is 4.35. The number of carbonyl (C=O) groups is 1. The molecule has 4 nitrogen and oxygen atoms in total. The van der Waals surface area contributed by atoms with Crippen molar-refractivity contribution in [3.8, 4) is 0 Å². The molecule has 2 N–H and O–H groups in total. The molecule has 0 amide bonds. The molecular formula is C20H20F3N3O. The summed E-state index contributed by atoms with van der Waals surface area (Å²) in [5.41, 5.74) is 3.20. The fourth-order valence-corrected chi connectivity index (χ4v) is 2.84. The standard InChI is InChI=1S/C20H20F3N3O/c1-13(27)15-5-8-18(17(9-15)19-11-26(2)12-25-19)24-10-14-3-6-16(7-4-14)20(21,22)23/h3-9,11,24-25H,10,12H2,1-2H3. The van der Waals surface area contributed by atoms with E-state index in [2.05, 4.69) is 10.6 Å². The van der Waals surface area contributed by atoms with E-state index >= 15 is 0 Å². The molecule has 1 heterocycles. The number of rotatable bonds is 5. The lowest BCUT2D eigenvalue weighted by molar-refractivity contribution is -0.137. The number of benzene rings is 2. The molecule has 0 atom stereocenters. The van der Waals surface area contributed by atoms with Gasteiger partial charge in [-0.25, -0.2) is 0 Å². The van der Waals surface area contributed by atoms with Gasteiger partial charge in [0, 0.05) is 36.6 Å². The number of nitrogens with zero attached hydrogens (tertiary/aromatic N) is 1. The first kappa shape index (κ1) is 18.8. The summed E-state index contributed by atoms with van der Waals surface area (Å²) < 4.78 is 38.0. The summed E-state index contributed by atoms with van der Waals surface area (Å²) in [5.74, 6) is -0.0301. The van der Waals surface area contributed by atoms with Crippen molar-refractivity contribution in [1.29, 1.82) is 0 Å². The Balaban J connectivity index is 1.82. The van der Waals surface area contributed by atoms with E-state index in [9.17, 15) is 18.0 Å². The number of carbonyl (C=O) groups excluding carboxylic acids is 1. The highest BCUT2D eigenvalue weighted by Gasteiger charge is 2.29. The maximum absolute atomic E-state index is 12.7. The number of hydrogen-bond donors (Lipinski definition) is 2. The number of anilines is 1. The summed E-state index contributed by atoms with van der Waals surface area (Å²) in [5, 5.41) is 6.52. The molecule has 1 aliphatic rings. The molecule has 2 aromatic rings. The van der Waals surface area contributed by atoms with Gasteiger partial charge in [0.05, 0.1) is 17.9 Å². The van der Waals surface area contributed by atoms with Gasteiger partial charge in [0.15, 0.2) is 5.78 Å². The normalized spacial score (nSPS) is 14.0. The van der Waals surface area contributed by atoms with E-state index in [0.717, 1.165) is 34.6 Å². The maximum atomic E-state index is 12.7. The van der Waals surface area contributed by atoms with E-state index in [0.29, 0.717) is 18.8 Å². The van der Waals surface area contributed by atoms with Gasteiger partial charge in [0.25, 0.3) is 0 Å². The van der Waals surface area contributed by atoms with Crippen molar-refractivity contribution in [2.75, 3.05) is 19.0 Å². The van der Waals surface area contributed by atoms with Crippen molar-refractivity contribution in [3.63, 3.8) is 0 Å². The highest BCUT2D eigenvalue weighted by molar-refractivity contribution is 5.96. The molecule has 0 saturated carbocycles. The highest BCUT2D eigenvalue weighted by atomic mass is 19.4. The molecule has 0 aliphatic carbocycles. The van der Waals surface area contributed by atoms with Crippen molar-refractivity contribution in [3.05, 3.63) is 70.9 Å². The Morgan fingerprint density at radius 3 is 2.44 bits per heavy atom.